The van der Waals surface area contributed by atoms with Gasteiger partial charge in [-0.05, 0) is 49.6 Å². The fourth-order valence-electron chi connectivity index (χ4n) is 2.29. The molecule has 1 aromatic rings. The number of nitrogens with two attached hydrogens (primary N) is 1. The highest BCUT2D eigenvalue weighted by Crippen LogP contribution is 2.42. The Morgan fingerprint density at radius 1 is 1.47 bits per heavy atom. The number of nitrogens with one attached hydrogen (secondary N) is 1. The van der Waals surface area contributed by atoms with Gasteiger partial charge in [0.2, 0.25) is 5.91 Å². The van der Waals surface area contributed by atoms with E-state index in [9.17, 15) is 4.79 Å². The molecule has 0 radical (unpaired) electrons. The number of halogens is 1. The molecule has 19 heavy (non-hydrogen) atoms. The van der Waals surface area contributed by atoms with Gasteiger partial charge in [0.1, 0.15) is 5.54 Å². The van der Waals surface area contributed by atoms with Gasteiger partial charge in [0.05, 0.1) is 0 Å². The summed E-state index contributed by atoms with van der Waals surface area (Å²) in [5.41, 5.74) is 5.08. The number of benzene rings is 1. The van der Waals surface area contributed by atoms with Crippen molar-refractivity contribution in [1.29, 1.82) is 0 Å². The summed E-state index contributed by atoms with van der Waals surface area (Å²) in [6, 6.07) is 7.66. The average Bonchev–Trinajstić information content (AvgIpc) is 3.20. The zero-order chi connectivity index (χ0) is 13.9. The Balaban J connectivity index is 2.07. The molecule has 0 heterocycles. The minimum Gasteiger partial charge on any atom is -0.368 e. The van der Waals surface area contributed by atoms with Crippen LogP contribution in [0.15, 0.2) is 29.2 Å². The number of hydrogen-bond acceptors (Lipinski definition) is 3. The highest BCUT2D eigenvalue weighted by molar-refractivity contribution is 7.99. The van der Waals surface area contributed by atoms with E-state index in [0.717, 1.165) is 29.3 Å². The quantitative estimate of drug-likeness (QED) is 0.761. The molecular formula is C14H19ClN2OS. The average molecular weight is 299 g/mol. The van der Waals surface area contributed by atoms with E-state index in [1.165, 1.54) is 0 Å². The van der Waals surface area contributed by atoms with Crippen molar-refractivity contribution in [2.45, 2.75) is 30.2 Å². The van der Waals surface area contributed by atoms with Gasteiger partial charge in [-0.15, -0.1) is 11.8 Å². The van der Waals surface area contributed by atoms with Crippen molar-refractivity contribution < 1.29 is 4.79 Å². The fraction of sp³-hybridized carbons (Fsp3) is 0.500. The van der Waals surface area contributed by atoms with E-state index in [-0.39, 0.29) is 5.91 Å². The zero-order valence-corrected chi connectivity index (χ0v) is 12.6. The van der Waals surface area contributed by atoms with Gasteiger partial charge in [0.15, 0.2) is 0 Å². The molecule has 104 valence electrons. The van der Waals surface area contributed by atoms with Crippen LogP contribution in [0.25, 0.3) is 0 Å². The maximum atomic E-state index is 11.9. The lowest BCUT2D eigenvalue weighted by molar-refractivity contribution is -0.124. The summed E-state index contributed by atoms with van der Waals surface area (Å²) >= 11 is 7.52. The summed E-state index contributed by atoms with van der Waals surface area (Å²) in [6.45, 7) is 2.76. The van der Waals surface area contributed by atoms with Crippen LogP contribution in [0.2, 0.25) is 5.02 Å². The Kier molecular flexibility index (Phi) is 4.76. The first-order valence-corrected chi connectivity index (χ1v) is 7.88. The van der Waals surface area contributed by atoms with Crippen molar-refractivity contribution in [1.82, 2.24) is 5.32 Å². The molecule has 1 amide bonds. The second kappa shape index (κ2) is 6.16. The summed E-state index contributed by atoms with van der Waals surface area (Å²) in [4.78, 5) is 13.0. The van der Waals surface area contributed by atoms with Gasteiger partial charge in [0.25, 0.3) is 0 Å². The fourth-order valence-corrected chi connectivity index (χ4v) is 3.62. The number of amides is 1. The Morgan fingerprint density at radius 2 is 2.11 bits per heavy atom. The van der Waals surface area contributed by atoms with Crippen molar-refractivity contribution in [3.63, 3.8) is 0 Å². The molecule has 1 saturated carbocycles. The SMILES string of the molecule is CCNC(CSc1ccc(Cl)cc1)(C(N)=O)C1CC1. The van der Waals surface area contributed by atoms with Crippen LogP contribution in [-0.2, 0) is 4.79 Å². The van der Waals surface area contributed by atoms with E-state index in [4.69, 9.17) is 17.3 Å². The lowest BCUT2D eigenvalue weighted by Gasteiger charge is -2.31. The Hall–Kier alpha value is -0.710. The standard InChI is InChI=1S/C14H19ClN2OS/c1-2-17-14(13(16)18,10-3-4-10)9-19-12-7-5-11(15)6-8-12/h5-8,10,17H,2-4,9H2,1H3,(H2,16,18). The zero-order valence-electron chi connectivity index (χ0n) is 11.0. The summed E-state index contributed by atoms with van der Waals surface area (Å²) in [5.74, 6) is 0.811. The van der Waals surface area contributed by atoms with E-state index in [1.54, 1.807) is 11.8 Å². The maximum absolute atomic E-state index is 11.9. The summed E-state index contributed by atoms with van der Waals surface area (Å²) in [5, 5.41) is 4.04. The number of likely N-dealkylation sites (N-methyl/N-ethyl adjacent to an activating group) is 1. The van der Waals surface area contributed by atoms with Crippen LogP contribution < -0.4 is 11.1 Å². The first-order valence-electron chi connectivity index (χ1n) is 6.52. The van der Waals surface area contributed by atoms with Crippen LogP contribution in [0.4, 0.5) is 0 Å². The van der Waals surface area contributed by atoms with E-state index < -0.39 is 5.54 Å². The molecule has 3 N–H and O–H groups in total. The smallest absolute Gasteiger partial charge is 0.238 e. The normalized spacial score (nSPS) is 18.0. The number of primary amides is 1. The number of hydrogen-bond donors (Lipinski definition) is 2. The Labute approximate surface area is 123 Å². The van der Waals surface area contributed by atoms with Crippen molar-refractivity contribution in [3.05, 3.63) is 29.3 Å². The van der Waals surface area contributed by atoms with Crippen molar-refractivity contribution in [2.24, 2.45) is 11.7 Å². The van der Waals surface area contributed by atoms with Crippen molar-refractivity contribution in [3.8, 4) is 0 Å². The first-order chi connectivity index (χ1) is 9.08. The molecule has 5 heteroatoms. The first kappa shape index (κ1) is 14.7. The molecule has 1 aliphatic carbocycles. The molecule has 1 aromatic carbocycles. The van der Waals surface area contributed by atoms with E-state index in [1.807, 2.05) is 31.2 Å². The number of rotatable bonds is 7. The van der Waals surface area contributed by atoms with Gasteiger partial charge in [0, 0.05) is 15.7 Å². The van der Waals surface area contributed by atoms with Crippen molar-refractivity contribution >= 4 is 29.3 Å². The summed E-state index contributed by atoms with van der Waals surface area (Å²) < 4.78 is 0. The molecule has 1 atom stereocenters. The van der Waals surface area contributed by atoms with Gasteiger partial charge < -0.3 is 11.1 Å². The molecule has 0 spiro atoms. The second-order valence-electron chi connectivity index (χ2n) is 4.88. The molecule has 1 aliphatic rings. The molecule has 2 rings (SSSR count). The van der Waals surface area contributed by atoms with Gasteiger partial charge in [-0.2, -0.15) is 0 Å². The van der Waals surface area contributed by atoms with Gasteiger partial charge >= 0.3 is 0 Å². The molecule has 0 saturated heterocycles. The summed E-state index contributed by atoms with van der Waals surface area (Å²) in [7, 11) is 0. The number of carbonyl (C=O) groups is 1. The lowest BCUT2D eigenvalue weighted by Crippen LogP contribution is -2.59. The van der Waals surface area contributed by atoms with Crippen molar-refractivity contribution in [2.75, 3.05) is 12.3 Å². The maximum Gasteiger partial charge on any atom is 0.238 e. The van der Waals surface area contributed by atoms with Gasteiger partial charge in [-0.25, -0.2) is 0 Å². The molecule has 1 fully saturated rings. The van der Waals surface area contributed by atoms with E-state index in [2.05, 4.69) is 5.32 Å². The Bertz CT molecular complexity index is 447. The van der Waals surface area contributed by atoms with Crippen LogP contribution >= 0.6 is 23.4 Å². The highest BCUT2D eigenvalue weighted by atomic mass is 35.5. The topological polar surface area (TPSA) is 55.1 Å². The predicted molar refractivity (Wildman–Crippen MR) is 80.5 cm³/mol. The molecule has 1 unspecified atom stereocenters. The molecule has 0 aromatic heterocycles. The van der Waals surface area contributed by atoms with Crippen LogP contribution in [0.3, 0.4) is 0 Å². The second-order valence-corrected chi connectivity index (χ2v) is 6.37. The highest BCUT2D eigenvalue weighted by Gasteiger charge is 2.49. The summed E-state index contributed by atoms with van der Waals surface area (Å²) in [6.07, 6.45) is 2.16. The van der Waals surface area contributed by atoms with Crippen LogP contribution in [-0.4, -0.2) is 23.7 Å². The third kappa shape index (κ3) is 3.44. The van der Waals surface area contributed by atoms with E-state index >= 15 is 0 Å². The number of carbonyl (C=O) groups excluding carboxylic acids is 1. The lowest BCUT2D eigenvalue weighted by atomic mass is 9.94. The monoisotopic (exact) mass is 298 g/mol. The van der Waals surface area contributed by atoms with Gasteiger partial charge in [-0.3, -0.25) is 4.79 Å². The minimum atomic E-state index is -0.570. The molecule has 0 bridgehead atoms. The van der Waals surface area contributed by atoms with E-state index in [0.29, 0.717) is 11.7 Å². The van der Waals surface area contributed by atoms with Crippen LogP contribution in [0, 0.1) is 5.92 Å². The molecular weight excluding hydrogens is 280 g/mol. The predicted octanol–water partition coefficient (Wildman–Crippen LogP) is 2.68. The molecule has 3 nitrogen and oxygen atoms in total. The largest absolute Gasteiger partial charge is 0.368 e. The Morgan fingerprint density at radius 3 is 2.58 bits per heavy atom. The van der Waals surface area contributed by atoms with Gasteiger partial charge in [-0.1, -0.05) is 18.5 Å². The molecule has 0 aliphatic heterocycles. The third-order valence-corrected chi connectivity index (χ3v) is 4.94. The minimum absolute atomic E-state index is 0.238. The van der Waals surface area contributed by atoms with Crippen LogP contribution in [0.1, 0.15) is 19.8 Å². The van der Waals surface area contributed by atoms with Crippen LogP contribution in [0.5, 0.6) is 0 Å². The third-order valence-electron chi connectivity index (χ3n) is 3.49. The number of thioether (sulfide) groups is 1.